The predicted molar refractivity (Wildman–Crippen MR) is 133 cm³/mol. The number of halogens is 2. The molecule has 0 fully saturated rings. The molecule has 0 atom stereocenters. The lowest BCUT2D eigenvalue weighted by Crippen LogP contribution is -2.12. The van der Waals surface area contributed by atoms with E-state index in [4.69, 9.17) is 20.5 Å². The van der Waals surface area contributed by atoms with Crippen LogP contribution in [0.2, 0.25) is 26.2 Å². The summed E-state index contributed by atoms with van der Waals surface area (Å²) in [6.45, 7) is 8.75. The van der Waals surface area contributed by atoms with Crippen LogP contribution in [0.3, 0.4) is 0 Å². The molecule has 6 heteroatoms. The third-order valence-electron chi connectivity index (χ3n) is 3.83. The molecule has 28 heavy (non-hydrogen) atoms. The maximum absolute atomic E-state index is 5.87. The summed E-state index contributed by atoms with van der Waals surface area (Å²) < 4.78 is 11.7. The molecule has 156 valence electrons. The van der Waals surface area contributed by atoms with E-state index < -0.39 is 18.1 Å². The maximum Gasteiger partial charge on any atom is 0.229 e. The van der Waals surface area contributed by atoms with E-state index >= 15 is 0 Å². The van der Waals surface area contributed by atoms with Gasteiger partial charge in [0.2, 0.25) is 18.1 Å². The molecule has 0 aliphatic carbocycles. The average molecular weight is 502 g/mol. The van der Waals surface area contributed by atoms with Crippen molar-refractivity contribution in [3.8, 4) is 11.5 Å². The fourth-order valence-electron chi connectivity index (χ4n) is 2.67. The summed E-state index contributed by atoms with van der Waals surface area (Å²) in [5, 5.41) is 1.06. The van der Waals surface area contributed by atoms with Gasteiger partial charge in [0, 0.05) is 11.2 Å². The molecule has 2 aromatic rings. The highest BCUT2D eigenvalue weighted by molar-refractivity contribution is 9.09. The third-order valence-corrected chi connectivity index (χ3v) is 6.11. The van der Waals surface area contributed by atoms with Gasteiger partial charge in [-0.25, -0.2) is 0 Å². The summed E-state index contributed by atoms with van der Waals surface area (Å²) in [6.07, 6.45) is 4.30. The molecule has 0 radical (unpaired) electrons. The number of alkyl halides is 2. The third kappa shape index (κ3) is 10.7. The van der Waals surface area contributed by atoms with E-state index in [1.165, 1.54) is 17.5 Å². The van der Waals surface area contributed by atoms with Crippen LogP contribution in [0.25, 0.3) is 0 Å². The van der Waals surface area contributed by atoms with Crippen LogP contribution in [-0.4, -0.2) is 29.3 Å². The van der Waals surface area contributed by atoms with Gasteiger partial charge in [0.1, 0.15) is 11.5 Å². The molecule has 0 bridgehead atoms. The summed E-state index contributed by atoms with van der Waals surface area (Å²) in [5.41, 5.74) is 2.63. The first-order chi connectivity index (χ1) is 13.5. The van der Waals surface area contributed by atoms with Crippen LogP contribution in [0.15, 0.2) is 48.5 Å². The zero-order valence-electron chi connectivity index (χ0n) is 17.6. The van der Waals surface area contributed by atoms with Crippen LogP contribution in [0.4, 0.5) is 0 Å². The predicted octanol–water partition coefficient (Wildman–Crippen LogP) is 6.60. The Labute approximate surface area is 188 Å². The number of hydrogen-bond donors (Lipinski definition) is 0. The smallest absolute Gasteiger partial charge is 0.229 e. The lowest BCUT2D eigenvalue weighted by atomic mass is 10.1. The minimum atomic E-state index is -0.992. The molecule has 0 saturated carbocycles. The van der Waals surface area contributed by atoms with Gasteiger partial charge in [-0.05, 0) is 75.1 Å². The van der Waals surface area contributed by atoms with Crippen molar-refractivity contribution in [3.63, 3.8) is 0 Å². The SMILES string of the molecule is C[SiH](C)Oc1ccccc1CCCBr.C[SiH](C)Oc1ccccc1CCCCl. The van der Waals surface area contributed by atoms with E-state index in [0.29, 0.717) is 5.88 Å². The van der Waals surface area contributed by atoms with Crippen molar-refractivity contribution in [2.45, 2.75) is 51.9 Å². The molecule has 0 aliphatic rings. The van der Waals surface area contributed by atoms with Gasteiger partial charge in [0.05, 0.1) is 0 Å². The van der Waals surface area contributed by atoms with E-state index in [1.807, 2.05) is 12.1 Å². The van der Waals surface area contributed by atoms with Gasteiger partial charge in [-0.15, -0.1) is 11.6 Å². The highest BCUT2D eigenvalue weighted by Crippen LogP contribution is 2.21. The molecule has 2 aromatic carbocycles. The van der Waals surface area contributed by atoms with Crippen molar-refractivity contribution >= 4 is 45.6 Å². The Bertz CT molecular complexity index is 611. The van der Waals surface area contributed by atoms with Gasteiger partial charge in [0.25, 0.3) is 0 Å². The van der Waals surface area contributed by atoms with Gasteiger partial charge in [-0.1, -0.05) is 52.3 Å². The average Bonchev–Trinajstić information content (AvgIpc) is 2.66. The zero-order chi connectivity index (χ0) is 20.8. The van der Waals surface area contributed by atoms with Crippen LogP contribution in [0.1, 0.15) is 24.0 Å². The van der Waals surface area contributed by atoms with Crippen LogP contribution in [0.5, 0.6) is 11.5 Å². The lowest BCUT2D eigenvalue weighted by Gasteiger charge is -2.13. The monoisotopic (exact) mass is 500 g/mol. The molecule has 0 saturated heterocycles. The molecule has 2 rings (SSSR count). The zero-order valence-corrected chi connectivity index (χ0v) is 22.2. The number of aryl methyl sites for hydroxylation is 2. The van der Waals surface area contributed by atoms with Crippen LogP contribution in [0, 0.1) is 0 Å². The highest BCUT2D eigenvalue weighted by Gasteiger charge is 2.05. The molecule has 0 N–H and O–H groups in total. The molecule has 2 nitrogen and oxygen atoms in total. The number of benzene rings is 2. The Morgan fingerprint density at radius 2 is 1.18 bits per heavy atom. The topological polar surface area (TPSA) is 18.5 Å². The minimum Gasteiger partial charge on any atom is -0.547 e. The summed E-state index contributed by atoms with van der Waals surface area (Å²) in [6, 6.07) is 16.6. The molecular weight excluding hydrogens is 468 g/mol. The highest BCUT2D eigenvalue weighted by atomic mass is 79.9. The molecule has 0 unspecified atom stereocenters. The lowest BCUT2D eigenvalue weighted by molar-refractivity contribution is 0.570. The number of para-hydroxylation sites is 2. The molecule has 0 aromatic heterocycles. The molecule has 0 aliphatic heterocycles. The van der Waals surface area contributed by atoms with E-state index in [-0.39, 0.29) is 0 Å². The first kappa shape index (κ1) is 25.3. The Morgan fingerprint density at radius 3 is 1.57 bits per heavy atom. The second-order valence-corrected chi connectivity index (χ2v) is 13.0. The summed E-state index contributed by atoms with van der Waals surface area (Å²) >= 11 is 9.13. The van der Waals surface area contributed by atoms with Gasteiger partial charge in [-0.3, -0.25) is 0 Å². The molecule has 0 amide bonds. The van der Waals surface area contributed by atoms with Crippen LogP contribution >= 0.6 is 27.5 Å². The van der Waals surface area contributed by atoms with E-state index in [9.17, 15) is 0 Å². The molecule has 0 heterocycles. The van der Waals surface area contributed by atoms with Gasteiger partial charge in [-0.2, -0.15) is 0 Å². The Hall–Kier alpha value is -0.756. The van der Waals surface area contributed by atoms with Crippen molar-refractivity contribution in [2.24, 2.45) is 0 Å². The summed E-state index contributed by atoms with van der Waals surface area (Å²) in [5.74, 6) is 2.86. The maximum atomic E-state index is 5.87. The second kappa shape index (κ2) is 15.1. The minimum absolute atomic E-state index is 0.716. The Balaban J connectivity index is 0.000000280. The molecule has 0 spiro atoms. The summed E-state index contributed by atoms with van der Waals surface area (Å²) in [4.78, 5) is 0. The fourth-order valence-corrected chi connectivity index (χ4v) is 4.56. The fraction of sp³-hybridized carbons (Fsp3) is 0.455. The standard InChI is InChI=1S/C11H17BrOSi.C11H17ClOSi/c2*1-14(2)13-11-8-4-3-6-10(11)7-5-9-12/h2*3-4,6,8,14H,5,7,9H2,1-2H3. The summed E-state index contributed by atoms with van der Waals surface area (Å²) in [7, 11) is -1.96. The normalized spacial score (nSPS) is 10.6. The van der Waals surface area contributed by atoms with E-state index in [1.54, 1.807) is 0 Å². The van der Waals surface area contributed by atoms with E-state index in [0.717, 1.165) is 36.1 Å². The quantitative estimate of drug-likeness (QED) is 0.270. The largest absolute Gasteiger partial charge is 0.547 e. The van der Waals surface area contributed by atoms with E-state index in [2.05, 4.69) is 78.5 Å². The van der Waals surface area contributed by atoms with Gasteiger partial charge < -0.3 is 8.85 Å². The van der Waals surface area contributed by atoms with Crippen LogP contribution in [-0.2, 0) is 12.8 Å². The van der Waals surface area contributed by atoms with Crippen molar-refractivity contribution < 1.29 is 8.85 Å². The van der Waals surface area contributed by atoms with Crippen molar-refractivity contribution in [2.75, 3.05) is 11.2 Å². The Morgan fingerprint density at radius 1 is 0.750 bits per heavy atom. The number of hydrogen-bond acceptors (Lipinski definition) is 2. The number of rotatable bonds is 10. The van der Waals surface area contributed by atoms with Gasteiger partial charge in [0.15, 0.2) is 0 Å². The van der Waals surface area contributed by atoms with Gasteiger partial charge >= 0.3 is 0 Å². The Kier molecular flexibility index (Phi) is 13.7. The first-order valence-electron chi connectivity index (χ1n) is 10.1. The molecular formula is C22H34BrClO2Si2. The van der Waals surface area contributed by atoms with Crippen molar-refractivity contribution in [3.05, 3.63) is 59.7 Å². The second-order valence-electron chi connectivity index (χ2n) is 7.13. The van der Waals surface area contributed by atoms with Crippen molar-refractivity contribution in [1.82, 2.24) is 0 Å². The first-order valence-corrected chi connectivity index (χ1v) is 17.3. The van der Waals surface area contributed by atoms with Crippen LogP contribution < -0.4 is 8.85 Å². The van der Waals surface area contributed by atoms with Crippen molar-refractivity contribution in [1.29, 1.82) is 0 Å².